The van der Waals surface area contributed by atoms with Gasteiger partial charge < -0.3 is 39.5 Å². The number of likely N-dealkylation sites (N-methyl/N-ethyl adjacent to an activating group) is 4. The van der Waals surface area contributed by atoms with Crippen LogP contribution >= 0.6 is 0 Å². The Morgan fingerprint density at radius 1 is 0.636 bits per heavy atom. The molecule has 0 saturated carbocycles. The van der Waals surface area contributed by atoms with E-state index in [-0.39, 0.29) is 42.1 Å². The summed E-state index contributed by atoms with van der Waals surface area (Å²) in [6.45, 7) is 8.63. The Labute approximate surface area is 511 Å². The molecule has 1 aromatic heterocycles. The van der Waals surface area contributed by atoms with Gasteiger partial charge in [-0.15, -0.1) is 0 Å². The number of aromatic nitrogens is 1. The van der Waals surface area contributed by atoms with Gasteiger partial charge in [0.2, 0.25) is 17.7 Å². The van der Waals surface area contributed by atoms with Crippen molar-refractivity contribution in [3.05, 3.63) is 161 Å². The third-order valence-corrected chi connectivity index (χ3v) is 16.1. The molecule has 0 aliphatic carbocycles. The number of ether oxygens (including phenoxy) is 1. The Morgan fingerprint density at radius 2 is 1.23 bits per heavy atom. The molecule has 470 valence electrons. The van der Waals surface area contributed by atoms with Crippen molar-refractivity contribution < 1.29 is 55.1 Å². The van der Waals surface area contributed by atoms with Crippen LogP contribution in [0.15, 0.2) is 134 Å². The predicted molar refractivity (Wildman–Crippen MR) is 332 cm³/mol. The van der Waals surface area contributed by atoms with E-state index in [1.807, 2.05) is 92.8 Å². The van der Waals surface area contributed by atoms with Crippen molar-refractivity contribution in [2.75, 3.05) is 108 Å². The van der Waals surface area contributed by atoms with Crippen LogP contribution in [-0.2, 0) is 36.9 Å². The smallest absolute Gasteiger partial charge is 0.416 e. The van der Waals surface area contributed by atoms with Crippen LogP contribution < -0.4 is 20.4 Å². The molecular formula is C67H79F6N9O6. The zero-order valence-electron chi connectivity index (χ0n) is 51.2. The van der Waals surface area contributed by atoms with Crippen LogP contribution in [0.25, 0.3) is 22.3 Å². The van der Waals surface area contributed by atoms with E-state index in [9.17, 15) is 50.3 Å². The molecule has 2 heterocycles. The predicted octanol–water partition coefficient (Wildman–Crippen LogP) is 12.9. The average Bonchev–Trinajstić information content (AvgIpc) is 1.10. The van der Waals surface area contributed by atoms with Crippen molar-refractivity contribution in [3.8, 4) is 22.3 Å². The summed E-state index contributed by atoms with van der Waals surface area (Å²) in [6, 6.07) is 34.9. The second-order valence-electron chi connectivity index (χ2n) is 23.0. The molecule has 5 amide bonds. The molecule has 21 heteroatoms. The molecular weight excluding hydrogens is 1140 g/mol. The third kappa shape index (κ3) is 18.1. The highest BCUT2D eigenvalue weighted by Gasteiger charge is 2.41. The van der Waals surface area contributed by atoms with Gasteiger partial charge in [0.05, 0.1) is 40.7 Å². The number of para-hydroxylation sites is 1. The summed E-state index contributed by atoms with van der Waals surface area (Å²) in [5, 5.41) is 6.32. The number of rotatable bonds is 25. The number of nitrogens with zero attached hydrogens (tertiary/aromatic N) is 7. The van der Waals surface area contributed by atoms with Crippen molar-refractivity contribution in [2.24, 2.45) is 0 Å². The van der Waals surface area contributed by atoms with Crippen LogP contribution in [0.4, 0.5) is 54.0 Å². The molecule has 15 nitrogen and oxygen atoms in total. The Morgan fingerprint density at radius 3 is 1.88 bits per heavy atom. The first-order valence-electron chi connectivity index (χ1n) is 29.5. The monoisotopic (exact) mass is 1220 g/mol. The number of halogens is 6. The van der Waals surface area contributed by atoms with E-state index >= 15 is 0 Å². The van der Waals surface area contributed by atoms with E-state index in [2.05, 4.69) is 20.5 Å². The third-order valence-electron chi connectivity index (χ3n) is 16.1. The number of alkyl halides is 6. The number of amides is 5. The summed E-state index contributed by atoms with van der Waals surface area (Å²) in [5.41, 5.74) is 0.813. The Hall–Kier alpha value is -8.46. The SMILES string of the molecule is Cc1ccccc1-c1cc(N(C)CC(=O)N(C)CCCN(C)C(=O)c2ccc(NCCCCCC(=O)N(C)CCN3CCC(OC(=O)Nc4ccccc4-c4ccccc4)CC3)cc2)ncc1N(C)C(=O)C(C)(C)c1cc(C(F)(F)F)cc(C(F)(F)F)c1. The van der Waals surface area contributed by atoms with Gasteiger partial charge in [-0.25, -0.2) is 9.78 Å². The van der Waals surface area contributed by atoms with Gasteiger partial charge in [0.15, 0.2) is 0 Å². The number of hydrogen-bond donors (Lipinski definition) is 2. The Balaban J connectivity index is 0.792. The Kier molecular flexibility index (Phi) is 22.8. The molecule has 1 aliphatic heterocycles. The molecule has 5 aromatic carbocycles. The molecule has 0 atom stereocenters. The second-order valence-corrected chi connectivity index (χ2v) is 23.0. The first-order chi connectivity index (χ1) is 41.7. The first-order valence-corrected chi connectivity index (χ1v) is 29.5. The fourth-order valence-electron chi connectivity index (χ4n) is 10.5. The summed E-state index contributed by atoms with van der Waals surface area (Å²) in [5.74, 6) is -0.746. The maximum absolute atomic E-state index is 14.3. The van der Waals surface area contributed by atoms with Crippen molar-refractivity contribution in [2.45, 2.75) is 89.6 Å². The summed E-state index contributed by atoms with van der Waals surface area (Å²) >= 11 is 0. The summed E-state index contributed by atoms with van der Waals surface area (Å²) in [7, 11) is 8.25. The van der Waals surface area contributed by atoms with Gasteiger partial charge in [-0.2, -0.15) is 26.3 Å². The van der Waals surface area contributed by atoms with Crippen molar-refractivity contribution in [1.29, 1.82) is 0 Å². The van der Waals surface area contributed by atoms with E-state index in [1.165, 1.54) is 32.0 Å². The fourth-order valence-corrected chi connectivity index (χ4v) is 10.5. The molecule has 7 rings (SSSR count). The Bertz CT molecular complexity index is 3320. The van der Waals surface area contributed by atoms with E-state index in [4.69, 9.17) is 4.74 Å². The number of likely N-dealkylation sites (tertiary alicyclic amines) is 1. The number of anilines is 4. The van der Waals surface area contributed by atoms with E-state index in [0.717, 1.165) is 74.1 Å². The van der Waals surface area contributed by atoms with Gasteiger partial charge in [0.1, 0.15) is 11.9 Å². The molecule has 0 bridgehead atoms. The normalized spacial score (nSPS) is 13.1. The number of nitrogens with one attached hydrogen (secondary N) is 2. The van der Waals surface area contributed by atoms with Crippen LogP contribution in [0.1, 0.15) is 91.4 Å². The highest BCUT2D eigenvalue weighted by molar-refractivity contribution is 6.03. The lowest BCUT2D eigenvalue weighted by molar-refractivity contribution is -0.143. The number of carbonyl (C=O) groups is 5. The molecule has 1 fully saturated rings. The maximum atomic E-state index is 14.3. The lowest BCUT2D eigenvalue weighted by Crippen LogP contribution is -2.42. The van der Waals surface area contributed by atoms with Gasteiger partial charge in [0.25, 0.3) is 5.91 Å². The molecule has 6 aromatic rings. The zero-order chi connectivity index (χ0) is 63.9. The molecule has 1 saturated heterocycles. The first kappa shape index (κ1) is 67.1. The zero-order valence-corrected chi connectivity index (χ0v) is 51.2. The average molecular weight is 1220 g/mol. The van der Waals surface area contributed by atoms with E-state index in [0.29, 0.717) is 79.3 Å². The minimum atomic E-state index is -5.10. The quantitative estimate of drug-likeness (QED) is 0.0419. The van der Waals surface area contributed by atoms with Crippen molar-refractivity contribution in [3.63, 3.8) is 0 Å². The molecule has 0 radical (unpaired) electrons. The minimum Gasteiger partial charge on any atom is -0.446 e. The molecule has 0 unspecified atom stereocenters. The van der Waals surface area contributed by atoms with Crippen LogP contribution in [0.3, 0.4) is 0 Å². The van der Waals surface area contributed by atoms with E-state index in [1.54, 1.807) is 71.1 Å². The van der Waals surface area contributed by atoms with E-state index < -0.39 is 46.5 Å². The summed E-state index contributed by atoms with van der Waals surface area (Å²) in [6.07, 6.45) is -4.55. The fraction of sp³-hybridized carbons (Fsp3) is 0.403. The van der Waals surface area contributed by atoms with Crippen molar-refractivity contribution in [1.82, 2.24) is 24.6 Å². The van der Waals surface area contributed by atoms with Gasteiger partial charge in [0, 0.05) is 110 Å². The van der Waals surface area contributed by atoms with Crippen molar-refractivity contribution >= 4 is 52.6 Å². The van der Waals surface area contributed by atoms with Crippen LogP contribution in [0.5, 0.6) is 0 Å². The number of hydrogen-bond acceptors (Lipinski definition) is 10. The molecule has 1 aliphatic rings. The number of piperidine rings is 1. The second kappa shape index (κ2) is 30.0. The topological polar surface area (TPSA) is 151 Å². The lowest BCUT2D eigenvalue weighted by Gasteiger charge is -2.32. The summed E-state index contributed by atoms with van der Waals surface area (Å²) < 4.78 is 88.9. The molecule has 88 heavy (non-hydrogen) atoms. The van der Waals surface area contributed by atoms with Gasteiger partial charge in [-0.05, 0) is 130 Å². The van der Waals surface area contributed by atoms with Crippen LogP contribution in [0.2, 0.25) is 0 Å². The maximum Gasteiger partial charge on any atom is 0.416 e. The molecule has 0 spiro atoms. The minimum absolute atomic E-state index is 0.0253. The number of aryl methyl sites for hydroxylation is 1. The summed E-state index contributed by atoms with van der Waals surface area (Å²) in [4.78, 5) is 81.6. The highest BCUT2D eigenvalue weighted by Crippen LogP contribution is 2.41. The number of unbranched alkanes of at least 4 members (excludes halogenated alkanes) is 2. The van der Waals surface area contributed by atoms with Gasteiger partial charge >= 0.3 is 18.4 Å². The van der Waals surface area contributed by atoms with Gasteiger partial charge in [-0.3, -0.25) is 24.5 Å². The standard InChI is InChI=1S/C67H79F6N9O6/c1-46-20-14-15-23-54(46)56-43-59(75-44-58(56)81(8)63(86)65(2,3)49-40-50(66(68,69)70)42-51(41-49)67(71,72)73)80(7)45-61(84)77(4)34-19-35-79(6)62(85)48-27-29-52(30-28-48)74-33-18-10-13-26-60(83)78(5)38-39-82-36-31-53(32-37-82)88-64(87)76-57-25-17-16-24-55(57)47-21-11-9-12-22-47/h9,11-12,14-17,20-25,27-30,40-44,53,74H,10,13,18-19,26,31-39,45H2,1-8H3,(H,76,87). The molecule has 2 N–H and O–H groups in total. The number of benzene rings is 5. The lowest BCUT2D eigenvalue weighted by atomic mass is 9.81. The number of pyridine rings is 1. The van der Waals surface area contributed by atoms with Crippen LogP contribution in [0, 0.1) is 6.92 Å². The van der Waals surface area contributed by atoms with Gasteiger partial charge in [-0.1, -0.05) is 79.2 Å². The number of carbonyl (C=O) groups excluding carboxylic acids is 5. The largest absolute Gasteiger partial charge is 0.446 e. The van der Waals surface area contributed by atoms with Crippen LogP contribution in [-0.4, -0.2) is 148 Å². The highest BCUT2D eigenvalue weighted by atomic mass is 19.4.